The number of piperazine rings is 1. The molecule has 254 valence electrons. The van der Waals surface area contributed by atoms with E-state index in [0.717, 1.165) is 76.1 Å². The zero-order chi connectivity index (χ0) is 33.0. The summed E-state index contributed by atoms with van der Waals surface area (Å²) in [6, 6.07) is 13.2. The van der Waals surface area contributed by atoms with Crippen LogP contribution >= 0.6 is 0 Å². The van der Waals surface area contributed by atoms with E-state index in [1.807, 2.05) is 42.5 Å². The van der Waals surface area contributed by atoms with Gasteiger partial charge < -0.3 is 30.1 Å². The summed E-state index contributed by atoms with van der Waals surface area (Å²) in [5.41, 5.74) is 1.87. The van der Waals surface area contributed by atoms with Gasteiger partial charge in [-0.15, -0.1) is 0 Å². The van der Waals surface area contributed by atoms with Crippen LogP contribution in [0.25, 0.3) is 0 Å². The van der Waals surface area contributed by atoms with Crippen molar-refractivity contribution in [1.29, 1.82) is 0 Å². The molecule has 0 radical (unpaired) electrons. The number of hydrogen-bond donors (Lipinski definition) is 2. The molecule has 0 bridgehead atoms. The highest BCUT2D eigenvalue weighted by Crippen LogP contribution is 2.36. The molecule has 2 saturated heterocycles. The summed E-state index contributed by atoms with van der Waals surface area (Å²) in [4.78, 5) is 61.3. The molecule has 5 rings (SSSR count). The van der Waals surface area contributed by atoms with Gasteiger partial charge in [0.1, 0.15) is 6.61 Å². The summed E-state index contributed by atoms with van der Waals surface area (Å²) in [5, 5.41) is 6.19. The molecule has 11 nitrogen and oxygen atoms in total. The molecular weight excluding hydrogens is 596 g/mol. The van der Waals surface area contributed by atoms with Crippen molar-refractivity contribution in [2.45, 2.75) is 57.6 Å². The molecule has 11 heteroatoms. The van der Waals surface area contributed by atoms with Crippen LogP contribution in [0.5, 0.6) is 0 Å². The Bertz CT molecular complexity index is 1310. The highest BCUT2D eigenvalue weighted by molar-refractivity contribution is 5.90. The minimum Gasteiger partial charge on any atom is -0.461 e. The van der Waals surface area contributed by atoms with Crippen LogP contribution < -0.4 is 10.6 Å². The molecule has 2 aromatic rings. The summed E-state index contributed by atoms with van der Waals surface area (Å²) in [5.74, 6) is -0.667. The van der Waals surface area contributed by atoms with Crippen molar-refractivity contribution in [3.63, 3.8) is 0 Å². The van der Waals surface area contributed by atoms with Gasteiger partial charge >= 0.3 is 5.97 Å². The minimum atomic E-state index is -0.402. The maximum atomic E-state index is 13.0. The molecule has 2 atom stereocenters. The Morgan fingerprint density at radius 2 is 1.45 bits per heavy atom. The van der Waals surface area contributed by atoms with Gasteiger partial charge in [0.15, 0.2) is 0 Å². The summed E-state index contributed by atoms with van der Waals surface area (Å²) in [6.45, 7) is 7.40. The van der Waals surface area contributed by atoms with Crippen molar-refractivity contribution in [3.05, 3.63) is 66.0 Å². The predicted octanol–water partition coefficient (Wildman–Crippen LogP) is 2.78. The third-order valence-electron chi connectivity index (χ3n) is 9.97. The smallest absolute Gasteiger partial charge is 0.309 e. The molecule has 2 N–H and O–H groups in total. The van der Waals surface area contributed by atoms with Crippen molar-refractivity contribution >= 4 is 23.7 Å². The molecule has 3 amide bonds. The largest absolute Gasteiger partial charge is 0.461 e. The summed E-state index contributed by atoms with van der Waals surface area (Å²) in [6.07, 6.45) is 8.29. The number of nitrogens with one attached hydrogen (secondary N) is 2. The molecule has 1 aromatic heterocycles. The Labute approximate surface area is 278 Å². The van der Waals surface area contributed by atoms with Gasteiger partial charge in [-0.25, -0.2) is 0 Å². The Hall–Kier alpha value is -3.83. The number of carbonyl (C=O) groups is 4. The van der Waals surface area contributed by atoms with Crippen LogP contribution in [-0.2, 0) is 30.5 Å². The van der Waals surface area contributed by atoms with Gasteiger partial charge in [-0.3, -0.25) is 24.2 Å². The van der Waals surface area contributed by atoms with E-state index in [1.165, 1.54) is 0 Å². The van der Waals surface area contributed by atoms with Crippen molar-refractivity contribution in [2.24, 2.45) is 17.8 Å². The molecule has 47 heavy (non-hydrogen) atoms. The van der Waals surface area contributed by atoms with Gasteiger partial charge in [0.05, 0.1) is 17.9 Å². The van der Waals surface area contributed by atoms with E-state index in [4.69, 9.17) is 4.74 Å². The van der Waals surface area contributed by atoms with Crippen LogP contribution in [0.3, 0.4) is 0 Å². The second-order valence-electron chi connectivity index (χ2n) is 13.2. The molecule has 0 unspecified atom stereocenters. The first-order valence-electron chi connectivity index (χ1n) is 17.3. The standard InChI is InChI=1S/C36H50N6O5/c1-40-32(43)24-31(33(40)30-10-5-15-37-25-30)35(45)39-17-7-19-42-22-20-41(21-23-42)18-6-16-38-34(44)28-11-13-29(14-12-28)36(46)47-26-27-8-3-2-4-9-27/h2-5,8-10,15,25,28-29,31,33H,6-7,11-14,16-24,26H2,1H3,(H,38,44)(H,39,45)/t28-,29+,31-,33+/m0/s1. The van der Waals surface area contributed by atoms with E-state index in [0.29, 0.717) is 32.5 Å². The molecule has 3 heterocycles. The Kier molecular flexibility index (Phi) is 12.7. The van der Waals surface area contributed by atoms with E-state index in [-0.39, 0.29) is 48.0 Å². The second-order valence-corrected chi connectivity index (χ2v) is 13.2. The second kappa shape index (κ2) is 17.4. The van der Waals surface area contributed by atoms with E-state index in [9.17, 15) is 19.2 Å². The number of hydrogen-bond acceptors (Lipinski definition) is 8. The summed E-state index contributed by atoms with van der Waals surface area (Å²) >= 11 is 0. The lowest BCUT2D eigenvalue weighted by atomic mass is 9.81. The lowest BCUT2D eigenvalue weighted by Crippen LogP contribution is -2.47. The number of esters is 1. The lowest BCUT2D eigenvalue weighted by Gasteiger charge is -2.34. The third-order valence-corrected chi connectivity index (χ3v) is 9.97. The van der Waals surface area contributed by atoms with Crippen molar-refractivity contribution in [3.8, 4) is 0 Å². The number of rotatable bonds is 14. The zero-order valence-electron chi connectivity index (χ0n) is 27.6. The highest BCUT2D eigenvalue weighted by atomic mass is 16.5. The van der Waals surface area contributed by atoms with Crippen LogP contribution in [0.1, 0.15) is 62.1 Å². The molecular formula is C36H50N6O5. The van der Waals surface area contributed by atoms with Gasteiger partial charge in [-0.2, -0.15) is 0 Å². The molecule has 2 aliphatic heterocycles. The normalized spacial score (nSPS) is 23.8. The monoisotopic (exact) mass is 646 g/mol. The number of carbonyl (C=O) groups excluding carboxylic acids is 4. The highest BCUT2D eigenvalue weighted by Gasteiger charge is 2.42. The van der Waals surface area contributed by atoms with Crippen LogP contribution in [0, 0.1) is 17.8 Å². The quantitative estimate of drug-likeness (QED) is 0.237. The van der Waals surface area contributed by atoms with Gasteiger partial charge in [0, 0.05) is 71.0 Å². The van der Waals surface area contributed by atoms with Crippen molar-refractivity contribution < 1.29 is 23.9 Å². The average molecular weight is 647 g/mol. The summed E-state index contributed by atoms with van der Waals surface area (Å²) < 4.78 is 5.50. The van der Waals surface area contributed by atoms with Gasteiger partial charge in [-0.1, -0.05) is 36.4 Å². The van der Waals surface area contributed by atoms with E-state index >= 15 is 0 Å². The van der Waals surface area contributed by atoms with Gasteiger partial charge in [0.25, 0.3) is 0 Å². The number of pyridine rings is 1. The number of likely N-dealkylation sites (tertiary alicyclic amines) is 1. The minimum absolute atomic E-state index is 0.0166. The van der Waals surface area contributed by atoms with Crippen molar-refractivity contribution in [1.82, 2.24) is 30.3 Å². The van der Waals surface area contributed by atoms with Crippen molar-refractivity contribution in [2.75, 3.05) is 59.4 Å². The predicted molar refractivity (Wildman–Crippen MR) is 178 cm³/mol. The molecule has 3 aliphatic rings. The maximum absolute atomic E-state index is 13.0. The Morgan fingerprint density at radius 3 is 2.06 bits per heavy atom. The first kappa shape index (κ1) is 34.5. The van der Waals surface area contributed by atoms with Crippen LogP contribution in [0.15, 0.2) is 54.9 Å². The molecule has 1 aromatic carbocycles. The van der Waals surface area contributed by atoms with Crippen LogP contribution in [0.2, 0.25) is 0 Å². The fourth-order valence-electron chi connectivity index (χ4n) is 7.09. The van der Waals surface area contributed by atoms with Gasteiger partial charge in [-0.05, 0) is 68.8 Å². The molecule has 0 spiro atoms. The number of amides is 3. The number of ether oxygens (including phenoxy) is 1. The SMILES string of the molecule is CN1C(=O)C[C@H](C(=O)NCCCN2CCN(CCCNC(=O)[C@H]3CC[C@@H](C(=O)OCc4ccccc4)CC3)CC2)[C@H]1c1cccnc1. The Morgan fingerprint density at radius 1 is 0.830 bits per heavy atom. The Balaban J connectivity index is 0.890. The number of nitrogens with zero attached hydrogens (tertiary/aromatic N) is 4. The first-order valence-corrected chi connectivity index (χ1v) is 17.3. The summed E-state index contributed by atoms with van der Waals surface area (Å²) in [7, 11) is 1.76. The maximum Gasteiger partial charge on any atom is 0.309 e. The molecule has 1 aliphatic carbocycles. The van der Waals surface area contributed by atoms with E-state index in [1.54, 1.807) is 24.3 Å². The lowest BCUT2D eigenvalue weighted by molar-refractivity contribution is -0.152. The fourth-order valence-corrected chi connectivity index (χ4v) is 7.09. The number of benzene rings is 1. The van der Waals surface area contributed by atoms with Crippen LogP contribution in [0.4, 0.5) is 0 Å². The van der Waals surface area contributed by atoms with Gasteiger partial charge in [0.2, 0.25) is 17.7 Å². The van der Waals surface area contributed by atoms with E-state index in [2.05, 4.69) is 25.4 Å². The third kappa shape index (κ3) is 9.84. The van der Waals surface area contributed by atoms with Crippen LogP contribution in [-0.4, -0.2) is 103 Å². The van der Waals surface area contributed by atoms with E-state index < -0.39 is 5.92 Å². The molecule has 3 fully saturated rings. The first-order chi connectivity index (χ1) is 22.9. The zero-order valence-corrected chi connectivity index (χ0v) is 27.6. The fraction of sp³-hybridized carbons (Fsp3) is 0.583. The molecule has 1 saturated carbocycles. The topological polar surface area (TPSA) is 124 Å². The average Bonchev–Trinajstić information content (AvgIpc) is 3.42. The number of aromatic nitrogens is 1.